The van der Waals surface area contributed by atoms with Gasteiger partial charge in [0.05, 0.1) is 6.10 Å². The lowest BCUT2D eigenvalue weighted by Crippen LogP contribution is -2.35. The minimum Gasteiger partial charge on any atom is -0.378 e. The molecule has 0 unspecified atom stereocenters. The zero-order chi connectivity index (χ0) is 11.6. The molecule has 1 rings (SSSR count). The molecule has 0 heterocycles. The van der Waals surface area contributed by atoms with E-state index < -0.39 is 0 Å². The molecule has 1 fully saturated rings. The van der Waals surface area contributed by atoms with Gasteiger partial charge in [-0.2, -0.15) is 0 Å². The van der Waals surface area contributed by atoms with Crippen LogP contribution in [0.5, 0.6) is 0 Å². The highest BCUT2D eigenvalue weighted by Gasteiger charge is 2.12. The maximum absolute atomic E-state index is 5.83. The Labute approximate surface area is 98.9 Å². The van der Waals surface area contributed by atoms with E-state index in [0.29, 0.717) is 6.10 Å². The van der Waals surface area contributed by atoms with Crippen molar-refractivity contribution in [1.29, 1.82) is 0 Å². The third-order valence-electron chi connectivity index (χ3n) is 2.98. The molecule has 1 aliphatic rings. The average Bonchev–Trinajstić information content (AvgIpc) is 2.35. The number of rotatable bonds is 5. The summed E-state index contributed by atoms with van der Waals surface area (Å²) in [5.74, 6) is 0.845. The number of hydrogen-bond acceptors (Lipinski definition) is 2. The van der Waals surface area contributed by atoms with Crippen LogP contribution in [-0.4, -0.2) is 39.3 Å². The van der Waals surface area contributed by atoms with Crippen molar-refractivity contribution in [2.75, 3.05) is 27.2 Å². The Balaban J connectivity index is 1.95. The molecule has 0 aromatic carbocycles. The predicted octanol–water partition coefficient (Wildman–Crippen LogP) is 1.52. The average molecular weight is 227 g/mol. The van der Waals surface area contributed by atoms with E-state index in [9.17, 15) is 0 Å². The molecule has 0 aromatic heterocycles. The number of aliphatic imine (C=N–C) groups is 1. The third-order valence-corrected chi connectivity index (χ3v) is 2.98. The van der Waals surface area contributed by atoms with Crippen molar-refractivity contribution in [1.82, 2.24) is 10.6 Å². The molecule has 0 spiro atoms. The maximum atomic E-state index is 5.83. The number of nitrogens with zero attached hydrogens (tertiary/aromatic N) is 1. The van der Waals surface area contributed by atoms with Gasteiger partial charge in [0, 0.05) is 27.2 Å². The maximum Gasteiger partial charge on any atom is 0.190 e. The molecular weight excluding hydrogens is 202 g/mol. The first kappa shape index (κ1) is 13.3. The molecule has 1 aliphatic carbocycles. The Morgan fingerprint density at radius 2 is 2.06 bits per heavy atom. The quantitative estimate of drug-likeness (QED) is 0.425. The topological polar surface area (TPSA) is 45.7 Å². The Morgan fingerprint density at radius 1 is 1.31 bits per heavy atom. The van der Waals surface area contributed by atoms with E-state index >= 15 is 0 Å². The van der Waals surface area contributed by atoms with Gasteiger partial charge in [-0.25, -0.2) is 0 Å². The van der Waals surface area contributed by atoms with Crippen molar-refractivity contribution in [3.8, 4) is 0 Å². The molecule has 4 nitrogen and oxygen atoms in total. The number of ether oxygens (including phenoxy) is 1. The van der Waals surface area contributed by atoms with Crippen LogP contribution in [0.2, 0.25) is 0 Å². The van der Waals surface area contributed by atoms with Gasteiger partial charge in [-0.05, 0) is 19.3 Å². The molecule has 0 atom stereocenters. The summed E-state index contributed by atoms with van der Waals surface area (Å²) in [6.45, 7) is 1.78. The van der Waals surface area contributed by atoms with Crippen molar-refractivity contribution in [3.05, 3.63) is 0 Å². The number of nitrogens with one attached hydrogen (secondary N) is 2. The predicted molar refractivity (Wildman–Crippen MR) is 67.9 cm³/mol. The van der Waals surface area contributed by atoms with E-state index in [1.807, 2.05) is 7.05 Å². The van der Waals surface area contributed by atoms with E-state index in [-0.39, 0.29) is 0 Å². The van der Waals surface area contributed by atoms with E-state index in [1.165, 1.54) is 32.1 Å². The highest BCUT2D eigenvalue weighted by atomic mass is 16.5. The van der Waals surface area contributed by atoms with Gasteiger partial charge in [-0.15, -0.1) is 0 Å². The molecule has 0 aromatic rings. The van der Waals surface area contributed by atoms with Crippen LogP contribution in [0.4, 0.5) is 0 Å². The summed E-state index contributed by atoms with van der Waals surface area (Å²) in [6.07, 6.45) is 8.15. The summed E-state index contributed by atoms with van der Waals surface area (Å²) in [5.41, 5.74) is 0. The van der Waals surface area contributed by atoms with Crippen molar-refractivity contribution >= 4 is 5.96 Å². The minimum atomic E-state index is 0.525. The first-order valence-corrected chi connectivity index (χ1v) is 6.37. The Kier molecular flexibility index (Phi) is 6.97. The van der Waals surface area contributed by atoms with Crippen LogP contribution in [-0.2, 0) is 4.74 Å². The highest BCUT2D eigenvalue weighted by Crippen LogP contribution is 2.20. The summed E-state index contributed by atoms with van der Waals surface area (Å²) in [4.78, 5) is 4.05. The Morgan fingerprint density at radius 3 is 2.69 bits per heavy atom. The first-order chi connectivity index (χ1) is 7.86. The summed E-state index contributed by atoms with van der Waals surface area (Å²) in [5, 5.41) is 6.21. The van der Waals surface area contributed by atoms with E-state index in [2.05, 4.69) is 15.6 Å². The van der Waals surface area contributed by atoms with E-state index in [4.69, 9.17) is 4.74 Å². The number of hydrogen-bond donors (Lipinski definition) is 2. The second-order valence-corrected chi connectivity index (χ2v) is 4.23. The summed E-state index contributed by atoms with van der Waals surface area (Å²) >= 11 is 0. The van der Waals surface area contributed by atoms with Gasteiger partial charge >= 0.3 is 0 Å². The van der Waals surface area contributed by atoms with Crippen LogP contribution >= 0.6 is 0 Å². The molecule has 0 aliphatic heterocycles. The monoisotopic (exact) mass is 227 g/mol. The van der Waals surface area contributed by atoms with Crippen LogP contribution < -0.4 is 10.6 Å². The van der Waals surface area contributed by atoms with Gasteiger partial charge in [0.25, 0.3) is 0 Å². The third kappa shape index (κ3) is 5.35. The van der Waals surface area contributed by atoms with Crippen LogP contribution in [0.1, 0.15) is 38.5 Å². The lowest BCUT2D eigenvalue weighted by atomic mass is 9.98. The fourth-order valence-corrected chi connectivity index (χ4v) is 2.04. The zero-order valence-corrected chi connectivity index (χ0v) is 10.6. The molecule has 0 bridgehead atoms. The second kappa shape index (κ2) is 8.39. The molecule has 4 heteroatoms. The zero-order valence-electron chi connectivity index (χ0n) is 10.6. The lowest BCUT2D eigenvalue weighted by Gasteiger charge is -2.22. The molecular formula is C12H25N3O. The van der Waals surface area contributed by atoms with Crippen molar-refractivity contribution < 1.29 is 4.74 Å². The molecule has 2 N–H and O–H groups in total. The summed E-state index contributed by atoms with van der Waals surface area (Å²) in [6, 6.07) is 0. The van der Waals surface area contributed by atoms with Gasteiger partial charge in [0.1, 0.15) is 0 Å². The smallest absolute Gasteiger partial charge is 0.190 e. The molecule has 0 radical (unpaired) electrons. The molecule has 0 saturated heterocycles. The van der Waals surface area contributed by atoms with Crippen LogP contribution in [0.3, 0.4) is 0 Å². The SMILES string of the molecule is CN=C(NC)NCCCOC1CCCCC1. The number of guanidine groups is 1. The first-order valence-electron chi connectivity index (χ1n) is 6.37. The Bertz CT molecular complexity index is 200. The van der Waals surface area contributed by atoms with E-state index in [0.717, 1.165) is 25.5 Å². The highest BCUT2D eigenvalue weighted by molar-refractivity contribution is 5.79. The van der Waals surface area contributed by atoms with Crippen LogP contribution in [0.25, 0.3) is 0 Å². The fourth-order valence-electron chi connectivity index (χ4n) is 2.04. The van der Waals surface area contributed by atoms with Gasteiger partial charge in [0.15, 0.2) is 5.96 Å². The largest absolute Gasteiger partial charge is 0.378 e. The van der Waals surface area contributed by atoms with Gasteiger partial charge in [-0.3, -0.25) is 4.99 Å². The molecule has 0 amide bonds. The van der Waals surface area contributed by atoms with Gasteiger partial charge in [0.2, 0.25) is 0 Å². The summed E-state index contributed by atoms with van der Waals surface area (Å²) in [7, 11) is 3.64. The van der Waals surface area contributed by atoms with Crippen LogP contribution in [0, 0.1) is 0 Å². The summed E-state index contributed by atoms with van der Waals surface area (Å²) < 4.78 is 5.83. The minimum absolute atomic E-state index is 0.525. The van der Waals surface area contributed by atoms with Gasteiger partial charge in [-0.1, -0.05) is 19.3 Å². The normalized spacial score (nSPS) is 18.5. The van der Waals surface area contributed by atoms with Crippen molar-refractivity contribution in [2.24, 2.45) is 4.99 Å². The van der Waals surface area contributed by atoms with Gasteiger partial charge < -0.3 is 15.4 Å². The molecule has 1 saturated carbocycles. The van der Waals surface area contributed by atoms with Crippen molar-refractivity contribution in [3.63, 3.8) is 0 Å². The lowest BCUT2D eigenvalue weighted by molar-refractivity contribution is 0.0277. The van der Waals surface area contributed by atoms with E-state index in [1.54, 1.807) is 7.05 Å². The molecule has 94 valence electrons. The van der Waals surface area contributed by atoms with Crippen LogP contribution in [0.15, 0.2) is 4.99 Å². The Hall–Kier alpha value is -0.770. The molecule has 16 heavy (non-hydrogen) atoms. The second-order valence-electron chi connectivity index (χ2n) is 4.23. The van der Waals surface area contributed by atoms with Crippen molar-refractivity contribution in [2.45, 2.75) is 44.6 Å². The fraction of sp³-hybridized carbons (Fsp3) is 0.917. The standard InChI is InChI=1S/C12H25N3O/c1-13-12(14-2)15-9-6-10-16-11-7-4-3-5-8-11/h11H,3-10H2,1-2H3,(H2,13,14,15).